The molecule has 0 spiro atoms. The Kier molecular flexibility index (Phi) is 4.49. The first-order chi connectivity index (χ1) is 13.7. The van der Waals surface area contributed by atoms with E-state index in [1.807, 2.05) is 39.0 Å². The van der Waals surface area contributed by atoms with Crippen molar-refractivity contribution in [1.29, 1.82) is 0 Å². The number of benzene rings is 3. The monoisotopic (exact) mass is 394 g/mol. The van der Waals surface area contributed by atoms with E-state index < -0.39 is 0 Å². The number of hydrogen-bond acceptors (Lipinski definition) is 4. The van der Waals surface area contributed by atoms with E-state index in [0.717, 1.165) is 27.5 Å². The molecule has 1 unspecified atom stereocenters. The van der Waals surface area contributed by atoms with Crippen LogP contribution in [0.25, 0.3) is 21.9 Å². The summed E-state index contributed by atoms with van der Waals surface area (Å²) in [5, 5.41) is 1.72. The molecule has 1 aliphatic rings. The Bertz CT molecular complexity index is 1110. The van der Waals surface area contributed by atoms with Crippen LogP contribution in [0, 0.1) is 11.2 Å². The summed E-state index contributed by atoms with van der Waals surface area (Å²) in [4.78, 5) is 13.0. The summed E-state index contributed by atoms with van der Waals surface area (Å²) in [6.45, 7) is 6.11. The molecule has 0 amide bonds. The van der Waals surface area contributed by atoms with Crippen LogP contribution in [0.3, 0.4) is 0 Å². The van der Waals surface area contributed by atoms with E-state index in [1.165, 1.54) is 12.1 Å². The molecule has 0 aliphatic carbocycles. The molecular formula is C24H23FO4. The van der Waals surface area contributed by atoms with Gasteiger partial charge in [-0.1, -0.05) is 32.9 Å². The summed E-state index contributed by atoms with van der Waals surface area (Å²) >= 11 is 0. The molecule has 0 fully saturated rings. The molecule has 1 atom stereocenters. The van der Waals surface area contributed by atoms with Gasteiger partial charge in [0.2, 0.25) is 0 Å². The smallest absolute Gasteiger partial charge is 0.339 e. The van der Waals surface area contributed by atoms with Gasteiger partial charge in [0.1, 0.15) is 11.9 Å². The molecule has 4 rings (SSSR count). The van der Waals surface area contributed by atoms with E-state index in [-0.39, 0.29) is 23.3 Å². The Hall–Kier alpha value is -3.08. The van der Waals surface area contributed by atoms with Gasteiger partial charge in [0.05, 0.1) is 19.8 Å². The summed E-state index contributed by atoms with van der Waals surface area (Å²) in [6.07, 6.45) is -0.373. The molecule has 0 aromatic heterocycles. The Morgan fingerprint density at radius 2 is 1.55 bits per heavy atom. The highest BCUT2D eigenvalue weighted by molar-refractivity contribution is 6.11. The zero-order valence-electron chi connectivity index (χ0n) is 17.1. The van der Waals surface area contributed by atoms with Gasteiger partial charge in [-0.05, 0) is 46.7 Å². The number of ether oxygens (including phenoxy) is 3. The molecule has 0 saturated carbocycles. The van der Waals surface area contributed by atoms with E-state index in [1.54, 1.807) is 26.4 Å². The lowest BCUT2D eigenvalue weighted by Gasteiger charge is -2.26. The number of halogens is 1. The molecule has 3 aromatic carbocycles. The van der Waals surface area contributed by atoms with Gasteiger partial charge in [-0.2, -0.15) is 0 Å². The zero-order valence-corrected chi connectivity index (χ0v) is 17.1. The van der Waals surface area contributed by atoms with E-state index in [4.69, 9.17) is 14.2 Å². The third kappa shape index (κ3) is 3.11. The summed E-state index contributed by atoms with van der Waals surface area (Å²) in [6, 6.07) is 11.9. The molecule has 1 aliphatic heterocycles. The van der Waals surface area contributed by atoms with Crippen LogP contribution in [0.1, 0.15) is 42.8 Å². The van der Waals surface area contributed by atoms with Gasteiger partial charge in [0.25, 0.3) is 0 Å². The van der Waals surface area contributed by atoms with Crippen molar-refractivity contribution in [2.75, 3.05) is 14.2 Å². The first-order valence-corrected chi connectivity index (χ1v) is 9.44. The summed E-state index contributed by atoms with van der Waals surface area (Å²) in [7, 11) is 3.15. The second-order valence-corrected chi connectivity index (χ2v) is 8.30. The summed E-state index contributed by atoms with van der Waals surface area (Å²) in [5.74, 6) is 0.459. The molecule has 0 saturated heterocycles. The van der Waals surface area contributed by atoms with Crippen molar-refractivity contribution in [3.05, 3.63) is 59.4 Å². The van der Waals surface area contributed by atoms with Crippen LogP contribution in [0.2, 0.25) is 0 Å². The molecule has 0 N–H and O–H groups in total. The van der Waals surface area contributed by atoms with Crippen LogP contribution in [0.5, 0.6) is 11.5 Å². The SMILES string of the molecule is COc1cc2cc3c(c(-c4ccc(F)cc4)c2cc1OC)C(=O)OC3C(C)(C)C. The minimum absolute atomic E-state index is 0.273. The highest BCUT2D eigenvalue weighted by Crippen LogP contribution is 2.49. The number of esters is 1. The maximum atomic E-state index is 13.6. The van der Waals surface area contributed by atoms with Crippen molar-refractivity contribution >= 4 is 16.7 Å². The number of cyclic esters (lactones) is 1. The normalized spacial score (nSPS) is 15.9. The second-order valence-electron chi connectivity index (χ2n) is 8.30. The van der Waals surface area contributed by atoms with Gasteiger partial charge in [0, 0.05) is 16.5 Å². The van der Waals surface area contributed by atoms with Crippen molar-refractivity contribution in [3.8, 4) is 22.6 Å². The molecule has 0 bridgehead atoms. The first-order valence-electron chi connectivity index (χ1n) is 9.44. The number of rotatable bonds is 3. The average molecular weight is 394 g/mol. The fourth-order valence-corrected chi connectivity index (χ4v) is 3.97. The topological polar surface area (TPSA) is 44.8 Å². The van der Waals surface area contributed by atoms with E-state index in [9.17, 15) is 9.18 Å². The Labute approximate surface area is 169 Å². The van der Waals surface area contributed by atoms with Crippen LogP contribution >= 0.6 is 0 Å². The lowest BCUT2D eigenvalue weighted by atomic mass is 9.81. The lowest BCUT2D eigenvalue weighted by Crippen LogP contribution is -2.18. The highest BCUT2D eigenvalue weighted by Gasteiger charge is 2.41. The van der Waals surface area contributed by atoms with Crippen LogP contribution in [-0.2, 0) is 4.74 Å². The Morgan fingerprint density at radius 3 is 2.14 bits per heavy atom. The molecular weight excluding hydrogens is 371 g/mol. The van der Waals surface area contributed by atoms with Gasteiger partial charge in [-0.3, -0.25) is 0 Å². The zero-order chi connectivity index (χ0) is 20.9. The van der Waals surface area contributed by atoms with Gasteiger partial charge < -0.3 is 14.2 Å². The molecule has 29 heavy (non-hydrogen) atoms. The predicted molar refractivity (Wildman–Crippen MR) is 110 cm³/mol. The van der Waals surface area contributed by atoms with Crippen molar-refractivity contribution in [2.45, 2.75) is 26.9 Å². The van der Waals surface area contributed by atoms with Gasteiger partial charge >= 0.3 is 5.97 Å². The van der Waals surface area contributed by atoms with Crippen LogP contribution in [0.4, 0.5) is 4.39 Å². The number of methoxy groups -OCH3 is 2. The molecule has 150 valence electrons. The Balaban J connectivity index is 2.13. The largest absolute Gasteiger partial charge is 0.493 e. The molecule has 0 radical (unpaired) electrons. The average Bonchev–Trinajstić information content (AvgIpc) is 3.02. The minimum Gasteiger partial charge on any atom is -0.493 e. The van der Waals surface area contributed by atoms with E-state index in [2.05, 4.69) is 0 Å². The van der Waals surface area contributed by atoms with Crippen molar-refractivity contribution in [3.63, 3.8) is 0 Å². The van der Waals surface area contributed by atoms with Crippen molar-refractivity contribution in [1.82, 2.24) is 0 Å². The highest BCUT2D eigenvalue weighted by atomic mass is 19.1. The fourth-order valence-electron chi connectivity index (χ4n) is 3.97. The summed E-state index contributed by atoms with van der Waals surface area (Å²) < 4.78 is 30.3. The third-order valence-corrected chi connectivity index (χ3v) is 5.31. The quantitative estimate of drug-likeness (QED) is 0.517. The molecule has 3 aromatic rings. The third-order valence-electron chi connectivity index (χ3n) is 5.31. The maximum absolute atomic E-state index is 13.6. The fraction of sp³-hybridized carbons (Fsp3) is 0.292. The number of carbonyl (C=O) groups is 1. The van der Waals surface area contributed by atoms with Crippen molar-refractivity contribution < 1.29 is 23.4 Å². The van der Waals surface area contributed by atoms with Gasteiger partial charge in [-0.25, -0.2) is 9.18 Å². The van der Waals surface area contributed by atoms with Crippen LogP contribution < -0.4 is 9.47 Å². The minimum atomic E-state index is -0.373. The first kappa shape index (κ1) is 19.2. The number of hydrogen-bond donors (Lipinski definition) is 0. The van der Waals surface area contributed by atoms with Crippen LogP contribution in [-0.4, -0.2) is 20.2 Å². The number of fused-ring (bicyclic) bond motifs is 2. The van der Waals surface area contributed by atoms with E-state index in [0.29, 0.717) is 17.1 Å². The molecule has 1 heterocycles. The second kappa shape index (κ2) is 6.76. The summed E-state index contributed by atoms with van der Waals surface area (Å²) in [5.41, 5.74) is 2.55. The predicted octanol–water partition coefficient (Wildman–Crippen LogP) is 5.92. The molecule has 5 heteroatoms. The molecule has 4 nitrogen and oxygen atoms in total. The number of carbonyl (C=O) groups excluding carboxylic acids is 1. The lowest BCUT2D eigenvalue weighted by molar-refractivity contribution is 0.00783. The Morgan fingerprint density at radius 1 is 0.931 bits per heavy atom. The maximum Gasteiger partial charge on any atom is 0.339 e. The van der Waals surface area contributed by atoms with Crippen LogP contribution in [0.15, 0.2) is 42.5 Å². The standard InChI is InChI=1S/C24H23FO4/c1-24(2,3)22-17-10-14-11-18(27-4)19(28-5)12-16(14)20(21(17)23(26)29-22)13-6-8-15(25)9-7-13/h6-12,22H,1-5H3. The van der Waals surface area contributed by atoms with Crippen molar-refractivity contribution in [2.24, 2.45) is 5.41 Å². The van der Waals surface area contributed by atoms with E-state index >= 15 is 0 Å². The van der Waals surface area contributed by atoms with Gasteiger partial charge in [0.15, 0.2) is 11.5 Å². The van der Waals surface area contributed by atoms with Gasteiger partial charge in [-0.15, -0.1) is 0 Å².